The Morgan fingerprint density at radius 2 is 1.70 bits per heavy atom. The van der Waals surface area contributed by atoms with E-state index in [2.05, 4.69) is 22.9 Å². The summed E-state index contributed by atoms with van der Waals surface area (Å²) in [5.74, 6) is -0.312. The van der Waals surface area contributed by atoms with Crippen LogP contribution in [0.5, 0.6) is 0 Å². The second-order valence-corrected chi connectivity index (χ2v) is 9.12. The lowest BCUT2D eigenvalue weighted by molar-refractivity contribution is -0.0615. The molecule has 33 heavy (non-hydrogen) atoms. The van der Waals surface area contributed by atoms with Crippen molar-refractivity contribution in [2.75, 3.05) is 13.1 Å². The molecule has 1 unspecified atom stereocenters. The van der Waals surface area contributed by atoms with Gasteiger partial charge in [-0.05, 0) is 30.2 Å². The number of carbonyl (C=O) groups is 1. The Balaban J connectivity index is 1.46. The summed E-state index contributed by atoms with van der Waals surface area (Å²) in [5.41, 5.74) is 1.27. The molecule has 0 aliphatic carbocycles. The summed E-state index contributed by atoms with van der Waals surface area (Å²) in [6.07, 6.45) is 4.70. The molecule has 1 spiro atoms. The minimum absolute atomic E-state index is 0.165. The number of ether oxygens (including phenoxy) is 1. The van der Waals surface area contributed by atoms with Crippen LogP contribution in [0.15, 0.2) is 79.1 Å². The Morgan fingerprint density at radius 1 is 0.970 bits per heavy atom. The van der Waals surface area contributed by atoms with Gasteiger partial charge in [-0.1, -0.05) is 54.6 Å². The van der Waals surface area contributed by atoms with Crippen LogP contribution in [0.2, 0.25) is 0 Å². The maximum atomic E-state index is 14.5. The number of carbonyl (C=O) groups excluding carboxylic acids is 1. The summed E-state index contributed by atoms with van der Waals surface area (Å²) in [5, 5.41) is 0. The zero-order valence-electron chi connectivity index (χ0n) is 18.8. The first-order valence-corrected chi connectivity index (χ1v) is 11.4. The van der Waals surface area contributed by atoms with Crippen LogP contribution in [-0.2, 0) is 23.4 Å². The summed E-state index contributed by atoms with van der Waals surface area (Å²) < 4.78 is 20.7. The van der Waals surface area contributed by atoms with Crippen LogP contribution in [0.4, 0.5) is 9.18 Å². The zero-order chi connectivity index (χ0) is 22.9. The summed E-state index contributed by atoms with van der Waals surface area (Å²) in [6.45, 7) is 4.66. The maximum absolute atomic E-state index is 14.5. The van der Waals surface area contributed by atoms with E-state index < -0.39 is 11.1 Å². The molecule has 0 N–H and O–H groups in total. The lowest BCUT2D eigenvalue weighted by atomic mass is 9.70. The van der Waals surface area contributed by atoms with E-state index in [9.17, 15) is 9.18 Å². The third-order valence-electron chi connectivity index (χ3n) is 7.34. The van der Waals surface area contributed by atoms with Gasteiger partial charge >= 0.3 is 6.09 Å². The number of aromatic nitrogens is 1. The number of rotatable bonds is 5. The molecule has 170 valence electrons. The van der Waals surface area contributed by atoms with Gasteiger partial charge < -0.3 is 4.74 Å². The Hall–Kier alpha value is -3.25. The predicted molar refractivity (Wildman–Crippen MR) is 124 cm³/mol. The molecule has 3 aromatic rings. The van der Waals surface area contributed by atoms with Gasteiger partial charge in [-0.3, -0.25) is 14.8 Å². The van der Waals surface area contributed by atoms with Crippen LogP contribution in [0.1, 0.15) is 36.5 Å². The molecule has 1 atom stereocenters. The van der Waals surface area contributed by atoms with Crippen molar-refractivity contribution in [3.63, 3.8) is 0 Å². The number of piperidine rings is 1. The van der Waals surface area contributed by atoms with E-state index in [0.717, 1.165) is 25.2 Å². The number of likely N-dealkylation sites (tertiary alicyclic amines) is 1. The fourth-order valence-corrected chi connectivity index (χ4v) is 5.36. The molecule has 1 aromatic heterocycles. The molecule has 0 bridgehead atoms. The molecule has 2 saturated heterocycles. The molecule has 1 amide bonds. The quantitative estimate of drug-likeness (QED) is 0.547. The van der Waals surface area contributed by atoms with E-state index in [1.54, 1.807) is 29.3 Å². The van der Waals surface area contributed by atoms with E-state index in [0.29, 0.717) is 18.4 Å². The van der Waals surface area contributed by atoms with Crippen LogP contribution in [0.25, 0.3) is 0 Å². The normalized spacial score (nSPS) is 22.5. The van der Waals surface area contributed by atoms with Gasteiger partial charge in [0, 0.05) is 50.4 Å². The third-order valence-corrected chi connectivity index (χ3v) is 7.34. The minimum atomic E-state index is -0.714. The summed E-state index contributed by atoms with van der Waals surface area (Å²) in [6, 6.07) is 20.7. The van der Waals surface area contributed by atoms with E-state index in [-0.39, 0.29) is 18.5 Å². The summed E-state index contributed by atoms with van der Waals surface area (Å²) in [7, 11) is 0. The van der Waals surface area contributed by atoms with Crippen LogP contribution >= 0.6 is 0 Å². The molecule has 5 nitrogen and oxygen atoms in total. The van der Waals surface area contributed by atoms with Crippen molar-refractivity contribution in [2.24, 2.45) is 0 Å². The summed E-state index contributed by atoms with van der Waals surface area (Å²) >= 11 is 0. The van der Waals surface area contributed by atoms with Crippen molar-refractivity contribution in [1.82, 2.24) is 14.8 Å². The maximum Gasteiger partial charge on any atom is 0.411 e. The second-order valence-electron chi connectivity index (χ2n) is 9.12. The number of hydrogen-bond donors (Lipinski definition) is 0. The predicted octanol–water partition coefficient (Wildman–Crippen LogP) is 5.12. The van der Waals surface area contributed by atoms with Gasteiger partial charge in [0.25, 0.3) is 0 Å². The molecule has 2 aromatic carbocycles. The van der Waals surface area contributed by atoms with Crippen molar-refractivity contribution in [2.45, 2.75) is 44.0 Å². The molecule has 2 aliphatic heterocycles. The number of amides is 1. The molecular weight excluding hydrogens is 417 g/mol. The first kappa shape index (κ1) is 21.6. The van der Waals surface area contributed by atoms with Gasteiger partial charge in [0.1, 0.15) is 17.0 Å². The molecule has 3 heterocycles. The standard InChI is InChI=1S/C27H28FN3O2/c1-26(23-10-3-2-4-11-23)27(13-16-30(17-14-27)19-21-8-7-15-29-18-21)33-25(32)31(26)20-22-9-5-6-12-24(22)28/h2-12,15,18H,13-14,16-17,19-20H2,1H3. The van der Waals surface area contributed by atoms with E-state index in [1.165, 1.54) is 11.6 Å². The van der Waals surface area contributed by atoms with Crippen molar-refractivity contribution < 1.29 is 13.9 Å². The highest BCUT2D eigenvalue weighted by molar-refractivity contribution is 5.73. The monoisotopic (exact) mass is 445 g/mol. The minimum Gasteiger partial charge on any atom is -0.440 e. The second kappa shape index (κ2) is 8.60. The van der Waals surface area contributed by atoms with Crippen LogP contribution < -0.4 is 0 Å². The van der Waals surface area contributed by atoms with E-state index >= 15 is 0 Å². The number of benzene rings is 2. The molecule has 2 aliphatic rings. The highest BCUT2D eigenvalue weighted by Crippen LogP contribution is 2.52. The SMILES string of the molecule is CC1(c2ccccc2)N(Cc2ccccc2F)C(=O)OC12CCN(Cc1cccnc1)CC2. The molecule has 2 fully saturated rings. The zero-order valence-corrected chi connectivity index (χ0v) is 18.8. The number of halogens is 1. The third kappa shape index (κ3) is 3.78. The first-order valence-electron chi connectivity index (χ1n) is 11.4. The van der Waals surface area contributed by atoms with Crippen LogP contribution in [0, 0.1) is 5.82 Å². The van der Waals surface area contributed by atoms with E-state index in [1.807, 2.05) is 42.6 Å². The molecular formula is C27H28FN3O2. The van der Waals surface area contributed by atoms with Gasteiger partial charge in [-0.2, -0.15) is 0 Å². The Morgan fingerprint density at radius 3 is 2.39 bits per heavy atom. The van der Waals surface area contributed by atoms with Crippen molar-refractivity contribution in [3.05, 3.63) is 102 Å². The largest absolute Gasteiger partial charge is 0.440 e. The highest BCUT2D eigenvalue weighted by Gasteiger charge is 2.63. The molecule has 6 heteroatoms. The first-order chi connectivity index (χ1) is 16.0. The molecule has 5 rings (SSSR count). The Kier molecular flexibility index (Phi) is 5.62. The number of nitrogens with zero attached hydrogens (tertiary/aromatic N) is 3. The van der Waals surface area contributed by atoms with Crippen molar-refractivity contribution in [3.8, 4) is 0 Å². The average Bonchev–Trinajstić information content (AvgIpc) is 3.05. The molecule has 0 saturated carbocycles. The molecule has 0 radical (unpaired) electrons. The van der Waals surface area contributed by atoms with Crippen LogP contribution in [0.3, 0.4) is 0 Å². The lowest BCUT2D eigenvalue weighted by Gasteiger charge is -2.48. The van der Waals surface area contributed by atoms with Gasteiger partial charge in [0.15, 0.2) is 0 Å². The smallest absolute Gasteiger partial charge is 0.411 e. The number of hydrogen-bond acceptors (Lipinski definition) is 4. The Labute approximate surface area is 193 Å². The summed E-state index contributed by atoms with van der Waals surface area (Å²) in [4.78, 5) is 21.6. The van der Waals surface area contributed by atoms with Gasteiger partial charge in [-0.25, -0.2) is 9.18 Å². The average molecular weight is 446 g/mol. The van der Waals surface area contributed by atoms with Crippen LogP contribution in [-0.4, -0.2) is 39.6 Å². The van der Waals surface area contributed by atoms with Gasteiger partial charge in [-0.15, -0.1) is 0 Å². The van der Waals surface area contributed by atoms with Gasteiger partial charge in [0.05, 0.1) is 6.54 Å². The van der Waals surface area contributed by atoms with Crippen molar-refractivity contribution >= 4 is 6.09 Å². The van der Waals surface area contributed by atoms with Crippen molar-refractivity contribution in [1.29, 1.82) is 0 Å². The topological polar surface area (TPSA) is 45.7 Å². The lowest BCUT2D eigenvalue weighted by Crippen LogP contribution is -2.58. The van der Waals surface area contributed by atoms with E-state index in [4.69, 9.17) is 4.74 Å². The van der Waals surface area contributed by atoms with Gasteiger partial charge in [0.2, 0.25) is 0 Å². The number of pyridine rings is 1. The highest BCUT2D eigenvalue weighted by atomic mass is 19.1. The fraction of sp³-hybridized carbons (Fsp3) is 0.333. The Bertz CT molecular complexity index is 1120. The fourth-order valence-electron chi connectivity index (χ4n) is 5.36.